The molecule has 0 unspecified atom stereocenters. The fourth-order valence-electron chi connectivity index (χ4n) is 2.48. The molecule has 0 amide bonds. The molecule has 2 N–H and O–H groups in total. The van der Waals surface area contributed by atoms with Crippen LogP contribution in [0.5, 0.6) is 0 Å². The summed E-state index contributed by atoms with van der Waals surface area (Å²) in [6.45, 7) is 0. The summed E-state index contributed by atoms with van der Waals surface area (Å²) in [6.07, 6.45) is 3.51. The van der Waals surface area contributed by atoms with Crippen LogP contribution in [0, 0.1) is 0 Å². The smallest absolute Gasteiger partial charge is 0.207 e. The van der Waals surface area contributed by atoms with Crippen LogP contribution >= 0.6 is 15.9 Å². The zero-order valence-corrected chi connectivity index (χ0v) is 12.4. The van der Waals surface area contributed by atoms with Crippen LogP contribution in [0.25, 0.3) is 27.8 Å². The fraction of sp³-hybridized carbons (Fsp3) is 0. The van der Waals surface area contributed by atoms with E-state index >= 15 is 0 Å². The van der Waals surface area contributed by atoms with Gasteiger partial charge in [-0.3, -0.25) is 9.55 Å². The van der Waals surface area contributed by atoms with E-state index in [1.54, 1.807) is 12.4 Å². The molecule has 0 saturated heterocycles. The first-order valence-electron chi connectivity index (χ1n) is 6.37. The molecule has 0 aliphatic carbocycles. The standard InChI is InChI=1S/C15H10BrN5/c16-9-7-12-14(19-8-9)21(15(17)20-12)13-5-1-4-11-10(13)3-2-6-18-11/h1-8H,(H2,17,20). The molecular weight excluding hydrogens is 330 g/mol. The maximum absolute atomic E-state index is 6.10. The van der Waals surface area contributed by atoms with Crippen LogP contribution in [0.15, 0.2) is 53.3 Å². The van der Waals surface area contributed by atoms with E-state index in [4.69, 9.17) is 5.73 Å². The van der Waals surface area contributed by atoms with Gasteiger partial charge in [-0.15, -0.1) is 0 Å². The van der Waals surface area contributed by atoms with Crippen molar-refractivity contribution in [2.75, 3.05) is 5.73 Å². The van der Waals surface area contributed by atoms with E-state index in [2.05, 4.69) is 30.9 Å². The maximum atomic E-state index is 6.10. The van der Waals surface area contributed by atoms with E-state index in [0.29, 0.717) is 5.95 Å². The van der Waals surface area contributed by atoms with Crippen molar-refractivity contribution >= 4 is 43.9 Å². The highest BCUT2D eigenvalue weighted by Crippen LogP contribution is 2.27. The van der Waals surface area contributed by atoms with Gasteiger partial charge < -0.3 is 5.73 Å². The zero-order valence-electron chi connectivity index (χ0n) is 10.9. The number of rotatable bonds is 1. The summed E-state index contributed by atoms with van der Waals surface area (Å²) in [5.41, 5.74) is 9.42. The van der Waals surface area contributed by atoms with Crippen molar-refractivity contribution in [2.45, 2.75) is 0 Å². The zero-order chi connectivity index (χ0) is 14.4. The average molecular weight is 340 g/mol. The van der Waals surface area contributed by atoms with Crippen LogP contribution in [0.3, 0.4) is 0 Å². The summed E-state index contributed by atoms with van der Waals surface area (Å²) < 4.78 is 2.73. The van der Waals surface area contributed by atoms with Crippen molar-refractivity contribution in [3.05, 3.63) is 53.3 Å². The molecule has 4 aromatic rings. The van der Waals surface area contributed by atoms with E-state index in [9.17, 15) is 0 Å². The molecule has 3 heterocycles. The van der Waals surface area contributed by atoms with Gasteiger partial charge in [-0.1, -0.05) is 6.07 Å². The summed E-state index contributed by atoms with van der Waals surface area (Å²) in [7, 11) is 0. The summed E-state index contributed by atoms with van der Waals surface area (Å²) in [5.74, 6) is 0.409. The molecule has 0 aliphatic heterocycles. The number of halogens is 1. The van der Waals surface area contributed by atoms with Crippen LogP contribution < -0.4 is 5.73 Å². The summed E-state index contributed by atoms with van der Waals surface area (Å²) in [4.78, 5) is 13.2. The Bertz CT molecular complexity index is 971. The number of fused-ring (bicyclic) bond motifs is 2. The number of anilines is 1. The highest BCUT2D eigenvalue weighted by Gasteiger charge is 2.13. The minimum absolute atomic E-state index is 0.409. The molecular formula is C15H10BrN5. The summed E-state index contributed by atoms with van der Waals surface area (Å²) in [5, 5.41) is 1.01. The average Bonchev–Trinajstić information content (AvgIpc) is 2.81. The number of aromatic nitrogens is 4. The van der Waals surface area contributed by atoms with Gasteiger partial charge in [-0.2, -0.15) is 0 Å². The van der Waals surface area contributed by atoms with E-state index in [0.717, 1.165) is 32.2 Å². The first-order valence-corrected chi connectivity index (χ1v) is 7.17. The number of pyridine rings is 2. The van der Waals surface area contributed by atoms with Crippen LogP contribution in [-0.4, -0.2) is 19.5 Å². The SMILES string of the molecule is Nc1nc2cc(Br)cnc2n1-c1cccc2ncccc12. The maximum Gasteiger partial charge on any atom is 0.207 e. The summed E-state index contributed by atoms with van der Waals surface area (Å²) >= 11 is 3.40. The third-order valence-electron chi connectivity index (χ3n) is 3.35. The van der Waals surface area contributed by atoms with Crippen molar-refractivity contribution in [3.63, 3.8) is 0 Å². The third kappa shape index (κ3) is 1.87. The molecule has 5 nitrogen and oxygen atoms in total. The fourth-order valence-corrected chi connectivity index (χ4v) is 2.80. The van der Waals surface area contributed by atoms with Gasteiger partial charge in [0.25, 0.3) is 0 Å². The molecule has 0 bridgehead atoms. The second-order valence-corrected chi connectivity index (χ2v) is 5.56. The highest BCUT2D eigenvalue weighted by atomic mass is 79.9. The van der Waals surface area contributed by atoms with Gasteiger partial charge in [0.05, 0.1) is 11.2 Å². The van der Waals surface area contributed by atoms with Gasteiger partial charge in [0.2, 0.25) is 5.95 Å². The van der Waals surface area contributed by atoms with Gasteiger partial charge in [0.15, 0.2) is 5.65 Å². The molecule has 1 aromatic carbocycles. The number of imidazole rings is 1. The molecule has 4 rings (SSSR count). The number of hydrogen-bond donors (Lipinski definition) is 1. The topological polar surface area (TPSA) is 69.6 Å². The lowest BCUT2D eigenvalue weighted by Crippen LogP contribution is -2.02. The van der Waals surface area contributed by atoms with Gasteiger partial charge in [0.1, 0.15) is 5.52 Å². The molecule has 0 fully saturated rings. The Morgan fingerprint density at radius 1 is 1.05 bits per heavy atom. The lowest BCUT2D eigenvalue weighted by atomic mass is 10.2. The second-order valence-electron chi connectivity index (χ2n) is 4.65. The normalized spacial score (nSPS) is 11.3. The summed E-state index contributed by atoms with van der Waals surface area (Å²) in [6, 6.07) is 11.7. The van der Waals surface area contributed by atoms with Crippen LogP contribution in [0.1, 0.15) is 0 Å². The minimum atomic E-state index is 0.409. The van der Waals surface area contributed by atoms with Crippen LogP contribution in [0.4, 0.5) is 5.95 Å². The van der Waals surface area contributed by atoms with Gasteiger partial charge in [-0.05, 0) is 46.3 Å². The van der Waals surface area contributed by atoms with Crippen LogP contribution in [-0.2, 0) is 0 Å². The van der Waals surface area contributed by atoms with Crippen molar-refractivity contribution in [1.29, 1.82) is 0 Å². The van der Waals surface area contributed by atoms with Gasteiger partial charge >= 0.3 is 0 Å². The number of nitrogen functional groups attached to an aromatic ring is 1. The molecule has 21 heavy (non-hydrogen) atoms. The van der Waals surface area contributed by atoms with Crippen molar-refractivity contribution in [1.82, 2.24) is 19.5 Å². The molecule has 0 spiro atoms. The molecule has 102 valence electrons. The van der Waals surface area contributed by atoms with Gasteiger partial charge in [-0.25, -0.2) is 9.97 Å². The first-order chi connectivity index (χ1) is 10.2. The van der Waals surface area contributed by atoms with Crippen molar-refractivity contribution in [2.24, 2.45) is 0 Å². The Hall–Kier alpha value is -2.47. The number of benzene rings is 1. The Morgan fingerprint density at radius 2 is 1.95 bits per heavy atom. The predicted molar refractivity (Wildman–Crippen MR) is 86.3 cm³/mol. The molecule has 0 saturated carbocycles. The quantitative estimate of drug-likeness (QED) is 0.577. The Balaban J connectivity index is 2.11. The molecule has 0 atom stereocenters. The number of hydrogen-bond acceptors (Lipinski definition) is 4. The lowest BCUT2D eigenvalue weighted by molar-refractivity contribution is 1.09. The van der Waals surface area contributed by atoms with Crippen LogP contribution in [0.2, 0.25) is 0 Å². The van der Waals surface area contributed by atoms with E-state index < -0.39 is 0 Å². The van der Waals surface area contributed by atoms with E-state index in [-0.39, 0.29) is 0 Å². The molecule has 3 aromatic heterocycles. The molecule has 0 aliphatic rings. The van der Waals surface area contributed by atoms with Gasteiger partial charge in [0, 0.05) is 22.3 Å². The number of nitrogens with zero attached hydrogens (tertiary/aromatic N) is 4. The highest BCUT2D eigenvalue weighted by molar-refractivity contribution is 9.10. The first kappa shape index (κ1) is 12.3. The second kappa shape index (κ2) is 4.53. The third-order valence-corrected chi connectivity index (χ3v) is 3.79. The van der Waals surface area contributed by atoms with Crippen molar-refractivity contribution in [3.8, 4) is 5.69 Å². The predicted octanol–water partition coefficient (Wildman–Crippen LogP) is 3.31. The minimum Gasteiger partial charge on any atom is -0.369 e. The number of nitrogens with two attached hydrogens (primary N) is 1. The Labute approximate surface area is 128 Å². The monoisotopic (exact) mass is 339 g/mol. The van der Waals surface area contributed by atoms with E-state index in [1.165, 1.54) is 0 Å². The molecule has 0 radical (unpaired) electrons. The molecule has 6 heteroatoms. The largest absolute Gasteiger partial charge is 0.369 e. The Kier molecular flexibility index (Phi) is 2.65. The lowest BCUT2D eigenvalue weighted by Gasteiger charge is -2.09. The Morgan fingerprint density at radius 3 is 2.86 bits per heavy atom. The van der Waals surface area contributed by atoms with Crippen molar-refractivity contribution < 1.29 is 0 Å². The van der Waals surface area contributed by atoms with E-state index in [1.807, 2.05) is 41.0 Å².